The molecule has 6 nitrogen and oxygen atoms in total. The summed E-state index contributed by atoms with van der Waals surface area (Å²) < 4.78 is 45.8. The van der Waals surface area contributed by atoms with Gasteiger partial charge in [-0.3, -0.25) is 4.98 Å². The minimum atomic E-state index is -3.69. The molecule has 0 aliphatic carbocycles. The Bertz CT molecular complexity index is 838. The Morgan fingerprint density at radius 1 is 1.23 bits per heavy atom. The van der Waals surface area contributed by atoms with Gasteiger partial charge in [-0.1, -0.05) is 0 Å². The SMILES string of the molecule is COc1cc(S(=O)(=O)NCC2CCN(c3ccncc3)CC2)ccc1F. The van der Waals surface area contributed by atoms with Crippen LogP contribution in [0.25, 0.3) is 0 Å². The van der Waals surface area contributed by atoms with E-state index < -0.39 is 15.8 Å². The first kappa shape index (κ1) is 18.6. The van der Waals surface area contributed by atoms with Crippen LogP contribution in [0.2, 0.25) is 0 Å². The van der Waals surface area contributed by atoms with Crippen LogP contribution in [0.3, 0.4) is 0 Å². The summed E-state index contributed by atoms with van der Waals surface area (Å²) in [7, 11) is -2.39. The number of ether oxygens (including phenoxy) is 1. The van der Waals surface area contributed by atoms with Crippen LogP contribution < -0.4 is 14.4 Å². The summed E-state index contributed by atoms with van der Waals surface area (Å²) in [5.41, 5.74) is 1.14. The Morgan fingerprint density at radius 2 is 1.92 bits per heavy atom. The van der Waals surface area contributed by atoms with Gasteiger partial charge in [0, 0.05) is 43.8 Å². The number of halogens is 1. The highest BCUT2D eigenvalue weighted by atomic mass is 32.2. The molecule has 26 heavy (non-hydrogen) atoms. The number of hydrogen-bond donors (Lipinski definition) is 1. The van der Waals surface area contributed by atoms with Crippen molar-refractivity contribution in [2.75, 3.05) is 31.6 Å². The number of nitrogens with zero attached hydrogens (tertiary/aromatic N) is 2. The van der Waals surface area contributed by atoms with Crippen LogP contribution in [0.5, 0.6) is 5.75 Å². The lowest BCUT2D eigenvalue weighted by molar-refractivity contribution is 0.384. The van der Waals surface area contributed by atoms with Gasteiger partial charge < -0.3 is 9.64 Å². The molecule has 8 heteroatoms. The van der Waals surface area contributed by atoms with Crippen molar-refractivity contribution in [1.82, 2.24) is 9.71 Å². The van der Waals surface area contributed by atoms with Gasteiger partial charge in [-0.15, -0.1) is 0 Å². The van der Waals surface area contributed by atoms with Crippen molar-refractivity contribution in [3.05, 3.63) is 48.5 Å². The smallest absolute Gasteiger partial charge is 0.240 e. The lowest BCUT2D eigenvalue weighted by Gasteiger charge is -2.33. The van der Waals surface area contributed by atoms with Crippen molar-refractivity contribution in [1.29, 1.82) is 0 Å². The van der Waals surface area contributed by atoms with Crippen LogP contribution in [0.15, 0.2) is 47.6 Å². The van der Waals surface area contributed by atoms with Gasteiger partial charge in [-0.05, 0) is 43.0 Å². The zero-order valence-corrected chi connectivity index (χ0v) is 15.4. The van der Waals surface area contributed by atoms with Crippen molar-refractivity contribution in [3.8, 4) is 5.75 Å². The molecule has 0 amide bonds. The maximum atomic E-state index is 13.5. The average Bonchev–Trinajstić information content (AvgIpc) is 2.68. The molecule has 3 rings (SSSR count). The molecule has 0 radical (unpaired) electrons. The fourth-order valence-corrected chi connectivity index (χ4v) is 4.20. The number of pyridine rings is 1. The number of methoxy groups -OCH3 is 1. The number of anilines is 1. The summed E-state index contributed by atoms with van der Waals surface area (Å²) in [5.74, 6) is -0.404. The minimum Gasteiger partial charge on any atom is -0.494 e. The zero-order chi connectivity index (χ0) is 18.6. The number of piperidine rings is 1. The molecular weight excluding hydrogens is 357 g/mol. The van der Waals surface area contributed by atoms with Gasteiger partial charge in [0.05, 0.1) is 12.0 Å². The molecule has 0 spiro atoms. The number of nitrogens with one attached hydrogen (secondary N) is 1. The monoisotopic (exact) mass is 379 g/mol. The first-order valence-corrected chi connectivity index (χ1v) is 9.96. The molecular formula is C18H22FN3O3S. The Kier molecular flexibility index (Phi) is 5.73. The van der Waals surface area contributed by atoms with E-state index in [-0.39, 0.29) is 16.6 Å². The van der Waals surface area contributed by atoms with Crippen LogP contribution in [0.1, 0.15) is 12.8 Å². The van der Waals surface area contributed by atoms with Gasteiger partial charge >= 0.3 is 0 Å². The van der Waals surface area contributed by atoms with Crippen LogP contribution in [-0.2, 0) is 10.0 Å². The maximum absolute atomic E-state index is 13.5. The van der Waals surface area contributed by atoms with Crippen LogP contribution in [0, 0.1) is 11.7 Å². The normalized spacial score (nSPS) is 15.8. The number of rotatable bonds is 6. The molecule has 2 aromatic rings. The van der Waals surface area contributed by atoms with E-state index in [9.17, 15) is 12.8 Å². The number of benzene rings is 1. The van der Waals surface area contributed by atoms with E-state index >= 15 is 0 Å². The van der Waals surface area contributed by atoms with E-state index in [1.54, 1.807) is 12.4 Å². The minimum absolute atomic E-state index is 0.00460. The first-order chi connectivity index (χ1) is 12.5. The Labute approximate surface area is 153 Å². The number of aromatic nitrogens is 1. The first-order valence-electron chi connectivity index (χ1n) is 8.48. The second kappa shape index (κ2) is 8.01. The molecule has 140 valence electrons. The molecule has 1 aliphatic rings. The second-order valence-electron chi connectivity index (χ2n) is 6.28. The zero-order valence-electron chi connectivity index (χ0n) is 14.6. The van der Waals surface area contributed by atoms with E-state index in [2.05, 4.69) is 14.6 Å². The Balaban J connectivity index is 1.56. The standard InChI is InChI=1S/C18H22FN3O3S/c1-25-18-12-16(2-3-17(18)19)26(23,24)21-13-14-6-10-22(11-7-14)15-4-8-20-9-5-15/h2-5,8-9,12,14,21H,6-7,10-11,13H2,1H3. The highest BCUT2D eigenvalue weighted by Gasteiger charge is 2.23. The van der Waals surface area contributed by atoms with Crippen molar-refractivity contribution in [2.45, 2.75) is 17.7 Å². The summed E-state index contributed by atoms with van der Waals surface area (Å²) in [4.78, 5) is 6.30. The molecule has 1 N–H and O–H groups in total. The van der Waals surface area contributed by atoms with Crippen molar-refractivity contribution in [2.24, 2.45) is 5.92 Å². The summed E-state index contributed by atoms with van der Waals surface area (Å²) >= 11 is 0. The fraction of sp³-hybridized carbons (Fsp3) is 0.389. The molecule has 1 aromatic carbocycles. The predicted molar refractivity (Wildman–Crippen MR) is 97.3 cm³/mol. The van der Waals surface area contributed by atoms with Gasteiger partial charge in [0.1, 0.15) is 0 Å². The van der Waals surface area contributed by atoms with E-state index in [4.69, 9.17) is 4.74 Å². The highest BCUT2D eigenvalue weighted by Crippen LogP contribution is 2.24. The predicted octanol–water partition coefficient (Wildman–Crippen LogP) is 2.42. The summed E-state index contributed by atoms with van der Waals surface area (Å²) in [5, 5.41) is 0. The van der Waals surface area contributed by atoms with E-state index in [1.807, 2.05) is 12.1 Å². The van der Waals surface area contributed by atoms with Gasteiger partial charge in [0.15, 0.2) is 11.6 Å². The largest absolute Gasteiger partial charge is 0.494 e. The van der Waals surface area contributed by atoms with Gasteiger partial charge in [-0.25, -0.2) is 17.5 Å². The van der Waals surface area contributed by atoms with Gasteiger partial charge in [-0.2, -0.15) is 0 Å². The van der Waals surface area contributed by atoms with Crippen LogP contribution >= 0.6 is 0 Å². The molecule has 0 saturated carbocycles. The molecule has 1 saturated heterocycles. The molecule has 1 aromatic heterocycles. The Hall–Kier alpha value is -2.19. The topological polar surface area (TPSA) is 71.5 Å². The Morgan fingerprint density at radius 3 is 2.58 bits per heavy atom. The quantitative estimate of drug-likeness (QED) is 0.835. The van der Waals surface area contributed by atoms with E-state index in [1.165, 1.54) is 19.2 Å². The molecule has 2 heterocycles. The molecule has 1 aliphatic heterocycles. The maximum Gasteiger partial charge on any atom is 0.240 e. The molecule has 0 unspecified atom stereocenters. The lowest BCUT2D eigenvalue weighted by atomic mass is 9.97. The molecule has 0 bridgehead atoms. The van der Waals surface area contributed by atoms with Gasteiger partial charge in [0.25, 0.3) is 0 Å². The van der Waals surface area contributed by atoms with Crippen molar-refractivity contribution >= 4 is 15.7 Å². The number of hydrogen-bond acceptors (Lipinski definition) is 5. The van der Waals surface area contributed by atoms with Crippen LogP contribution in [-0.4, -0.2) is 40.1 Å². The molecule has 1 fully saturated rings. The van der Waals surface area contributed by atoms with Crippen LogP contribution in [0.4, 0.5) is 10.1 Å². The summed E-state index contributed by atoms with van der Waals surface area (Å²) in [6.07, 6.45) is 5.34. The van der Waals surface area contributed by atoms with E-state index in [0.717, 1.165) is 37.7 Å². The average molecular weight is 379 g/mol. The summed E-state index contributed by atoms with van der Waals surface area (Å²) in [6.45, 7) is 2.12. The summed E-state index contributed by atoms with van der Waals surface area (Å²) in [6, 6.07) is 7.49. The third-order valence-electron chi connectivity index (χ3n) is 4.64. The van der Waals surface area contributed by atoms with Crippen molar-refractivity contribution in [3.63, 3.8) is 0 Å². The third kappa shape index (κ3) is 4.31. The highest BCUT2D eigenvalue weighted by molar-refractivity contribution is 7.89. The van der Waals surface area contributed by atoms with E-state index in [0.29, 0.717) is 6.54 Å². The lowest BCUT2D eigenvalue weighted by Crippen LogP contribution is -2.38. The van der Waals surface area contributed by atoms with Crippen molar-refractivity contribution < 1.29 is 17.5 Å². The van der Waals surface area contributed by atoms with Gasteiger partial charge in [0.2, 0.25) is 10.0 Å². The number of sulfonamides is 1. The fourth-order valence-electron chi connectivity index (χ4n) is 3.07. The molecule has 0 atom stereocenters. The second-order valence-corrected chi connectivity index (χ2v) is 8.05. The third-order valence-corrected chi connectivity index (χ3v) is 6.06.